The van der Waals surface area contributed by atoms with E-state index in [4.69, 9.17) is 4.74 Å². The molecule has 94 valence electrons. The minimum Gasteiger partial charge on any atom is -0.456 e. The largest absolute Gasteiger partial charge is 0.456 e. The molecule has 3 rings (SSSR count). The summed E-state index contributed by atoms with van der Waals surface area (Å²) in [4.78, 5) is 4.07. The average molecular weight is 314 g/mol. The number of benzene rings is 2. The van der Waals surface area contributed by atoms with E-state index in [1.165, 1.54) is 5.39 Å². The maximum absolute atomic E-state index is 5.96. The third-order valence-corrected chi connectivity index (χ3v) is 3.83. The summed E-state index contributed by atoms with van der Waals surface area (Å²) in [6.45, 7) is 1.98. The number of aryl methyl sites for hydroxylation is 1. The Hall–Kier alpha value is -1.87. The highest BCUT2D eigenvalue weighted by molar-refractivity contribution is 9.10. The average Bonchev–Trinajstić information content (AvgIpc) is 2.44. The zero-order valence-corrected chi connectivity index (χ0v) is 12.0. The lowest BCUT2D eigenvalue weighted by atomic mass is 10.1. The van der Waals surface area contributed by atoms with Crippen LogP contribution in [0, 0.1) is 6.92 Å². The van der Waals surface area contributed by atoms with Crippen molar-refractivity contribution in [2.75, 3.05) is 0 Å². The first-order chi connectivity index (χ1) is 9.25. The Morgan fingerprint density at radius 2 is 1.84 bits per heavy atom. The minimum absolute atomic E-state index is 0.813. The van der Waals surface area contributed by atoms with Crippen LogP contribution in [0.15, 0.2) is 59.3 Å². The van der Waals surface area contributed by atoms with Gasteiger partial charge in [-0.3, -0.25) is 4.98 Å². The van der Waals surface area contributed by atoms with Gasteiger partial charge in [-0.1, -0.05) is 30.3 Å². The van der Waals surface area contributed by atoms with E-state index in [-0.39, 0.29) is 0 Å². The van der Waals surface area contributed by atoms with Crippen molar-refractivity contribution < 1.29 is 4.74 Å². The Labute approximate surface area is 120 Å². The number of aromatic nitrogens is 1. The molecule has 1 aromatic heterocycles. The summed E-state index contributed by atoms with van der Waals surface area (Å²) in [5.74, 6) is 1.64. The van der Waals surface area contributed by atoms with Gasteiger partial charge in [0.2, 0.25) is 0 Å². The lowest BCUT2D eigenvalue weighted by Crippen LogP contribution is -1.89. The molecule has 0 aliphatic heterocycles. The van der Waals surface area contributed by atoms with Crippen molar-refractivity contribution in [2.45, 2.75) is 6.92 Å². The second-order valence-corrected chi connectivity index (χ2v) is 5.14. The molecule has 19 heavy (non-hydrogen) atoms. The van der Waals surface area contributed by atoms with Crippen LogP contribution in [0.1, 0.15) is 5.56 Å². The van der Waals surface area contributed by atoms with Gasteiger partial charge in [-0.15, -0.1) is 0 Å². The Morgan fingerprint density at radius 1 is 1.00 bits per heavy atom. The maximum Gasteiger partial charge on any atom is 0.142 e. The number of hydrogen-bond donors (Lipinski definition) is 0. The molecule has 0 spiro atoms. The van der Waals surface area contributed by atoms with Crippen LogP contribution < -0.4 is 4.74 Å². The lowest BCUT2D eigenvalue weighted by Gasteiger charge is -2.11. The van der Waals surface area contributed by atoms with Crippen LogP contribution >= 0.6 is 15.9 Å². The minimum atomic E-state index is 0.813. The summed E-state index contributed by atoms with van der Waals surface area (Å²) in [6, 6.07) is 14.1. The molecule has 0 saturated heterocycles. The molecule has 3 aromatic rings. The van der Waals surface area contributed by atoms with Gasteiger partial charge in [0.05, 0.1) is 4.47 Å². The van der Waals surface area contributed by atoms with Crippen LogP contribution in [0.2, 0.25) is 0 Å². The molecule has 0 atom stereocenters. The SMILES string of the molecule is Cc1cnccc1Oc1ccc2ccccc2c1Br. The standard InChI is InChI=1S/C16H12BrNO/c1-11-10-18-9-8-14(11)19-15-7-6-12-4-2-3-5-13(12)16(15)17/h2-10H,1H3. The number of pyridine rings is 1. The molecule has 0 unspecified atom stereocenters. The van der Waals surface area contributed by atoms with Gasteiger partial charge in [0.25, 0.3) is 0 Å². The molecule has 0 bridgehead atoms. The monoisotopic (exact) mass is 313 g/mol. The van der Waals surface area contributed by atoms with Gasteiger partial charge in [0.15, 0.2) is 0 Å². The molecule has 0 aliphatic rings. The Balaban J connectivity index is 2.07. The third kappa shape index (κ3) is 2.34. The Bertz CT molecular complexity index is 740. The second kappa shape index (κ2) is 5.02. The molecule has 0 aliphatic carbocycles. The van der Waals surface area contributed by atoms with E-state index in [1.807, 2.05) is 31.2 Å². The van der Waals surface area contributed by atoms with Crippen molar-refractivity contribution in [3.8, 4) is 11.5 Å². The van der Waals surface area contributed by atoms with Gasteiger partial charge in [-0.2, -0.15) is 0 Å². The summed E-state index contributed by atoms with van der Waals surface area (Å²) in [6.07, 6.45) is 3.53. The van der Waals surface area contributed by atoms with Gasteiger partial charge in [-0.05, 0) is 45.8 Å². The zero-order chi connectivity index (χ0) is 13.2. The van der Waals surface area contributed by atoms with E-state index < -0.39 is 0 Å². The van der Waals surface area contributed by atoms with E-state index in [0.717, 1.165) is 26.9 Å². The summed E-state index contributed by atoms with van der Waals surface area (Å²) in [5, 5.41) is 2.33. The van der Waals surface area contributed by atoms with Crippen molar-refractivity contribution in [2.24, 2.45) is 0 Å². The van der Waals surface area contributed by atoms with Gasteiger partial charge in [-0.25, -0.2) is 0 Å². The molecular weight excluding hydrogens is 302 g/mol. The fourth-order valence-electron chi connectivity index (χ4n) is 1.99. The molecule has 2 aromatic carbocycles. The molecule has 0 fully saturated rings. The number of nitrogens with zero attached hydrogens (tertiary/aromatic N) is 1. The molecule has 0 N–H and O–H groups in total. The van der Waals surface area contributed by atoms with Crippen molar-refractivity contribution in [1.82, 2.24) is 4.98 Å². The summed E-state index contributed by atoms with van der Waals surface area (Å²) in [7, 11) is 0. The Kier molecular flexibility index (Phi) is 3.22. The third-order valence-electron chi connectivity index (χ3n) is 3.02. The van der Waals surface area contributed by atoms with Crippen molar-refractivity contribution in [1.29, 1.82) is 0 Å². The van der Waals surface area contributed by atoms with E-state index in [9.17, 15) is 0 Å². The van der Waals surface area contributed by atoms with Gasteiger partial charge >= 0.3 is 0 Å². The quantitative estimate of drug-likeness (QED) is 0.656. The van der Waals surface area contributed by atoms with Crippen LogP contribution in [0.5, 0.6) is 11.5 Å². The van der Waals surface area contributed by atoms with Crippen LogP contribution in [-0.4, -0.2) is 4.98 Å². The molecule has 0 saturated carbocycles. The summed E-state index contributed by atoms with van der Waals surface area (Å²) < 4.78 is 6.94. The summed E-state index contributed by atoms with van der Waals surface area (Å²) >= 11 is 3.62. The van der Waals surface area contributed by atoms with E-state index >= 15 is 0 Å². The fraction of sp³-hybridized carbons (Fsp3) is 0.0625. The van der Waals surface area contributed by atoms with E-state index in [2.05, 4.69) is 39.1 Å². The van der Waals surface area contributed by atoms with E-state index in [0.29, 0.717) is 0 Å². The normalized spacial score (nSPS) is 10.6. The number of rotatable bonds is 2. The zero-order valence-electron chi connectivity index (χ0n) is 10.4. The van der Waals surface area contributed by atoms with Crippen LogP contribution in [0.3, 0.4) is 0 Å². The highest BCUT2D eigenvalue weighted by Crippen LogP contribution is 2.36. The van der Waals surface area contributed by atoms with Crippen molar-refractivity contribution in [3.63, 3.8) is 0 Å². The first-order valence-electron chi connectivity index (χ1n) is 6.01. The molecule has 2 nitrogen and oxygen atoms in total. The van der Waals surface area contributed by atoms with Gasteiger partial charge in [0.1, 0.15) is 11.5 Å². The summed E-state index contributed by atoms with van der Waals surface area (Å²) in [5.41, 5.74) is 1.02. The van der Waals surface area contributed by atoms with Gasteiger partial charge in [0, 0.05) is 18.0 Å². The smallest absolute Gasteiger partial charge is 0.142 e. The molecule has 0 radical (unpaired) electrons. The van der Waals surface area contributed by atoms with Crippen LogP contribution in [-0.2, 0) is 0 Å². The number of fused-ring (bicyclic) bond motifs is 1. The first kappa shape index (κ1) is 12.2. The first-order valence-corrected chi connectivity index (χ1v) is 6.81. The predicted octanol–water partition coefficient (Wildman–Crippen LogP) is 5.10. The second-order valence-electron chi connectivity index (χ2n) is 4.34. The fourth-order valence-corrected chi connectivity index (χ4v) is 2.56. The van der Waals surface area contributed by atoms with Crippen molar-refractivity contribution >= 4 is 26.7 Å². The Morgan fingerprint density at radius 3 is 2.68 bits per heavy atom. The number of ether oxygens (including phenoxy) is 1. The van der Waals surface area contributed by atoms with E-state index in [1.54, 1.807) is 12.4 Å². The number of halogens is 1. The highest BCUT2D eigenvalue weighted by atomic mass is 79.9. The molecule has 3 heteroatoms. The molecule has 1 heterocycles. The van der Waals surface area contributed by atoms with Crippen molar-refractivity contribution in [3.05, 3.63) is 64.9 Å². The lowest BCUT2D eigenvalue weighted by molar-refractivity contribution is 0.476. The van der Waals surface area contributed by atoms with Crippen LogP contribution in [0.25, 0.3) is 10.8 Å². The predicted molar refractivity (Wildman–Crippen MR) is 80.7 cm³/mol. The van der Waals surface area contributed by atoms with Crippen LogP contribution in [0.4, 0.5) is 0 Å². The topological polar surface area (TPSA) is 22.1 Å². The molecule has 0 amide bonds. The number of hydrogen-bond acceptors (Lipinski definition) is 2. The maximum atomic E-state index is 5.96. The van der Waals surface area contributed by atoms with Gasteiger partial charge < -0.3 is 4.74 Å². The highest BCUT2D eigenvalue weighted by Gasteiger charge is 2.08. The molecular formula is C16H12BrNO.